The summed E-state index contributed by atoms with van der Waals surface area (Å²) in [5, 5.41) is 5.63. The molecule has 1 heterocycles. The first kappa shape index (κ1) is 15.9. The maximum Gasteiger partial charge on any atom is 0.319 e. The van der Waals surface area contributed by atoms with E-state index in [0.717, 1.165) is 41.1 Å². The van der Waals surface area contributed by atoms with E-state index in [9.17, 15) is 4.79 Å². The van der Waals surface area contributed by atoms with Crippen molar-refractivity contribution in [1.29, 1.82) is 0 Å². The lowest BCUT2D eigenvalue weighted by Crippen LogP contribution is -2.29. The normalized spacial score (nSPS) is 10.5. The number of amides is 2. The Morgan fingerprint density at radius 2 is 1.96 bits per heavy atom. The Labute approximate surface area is 140 Å². The number of anilines is 1. The Morgan fingerprint density at radius 1 is 1.17 bits per heavy atom. The monoisotopic (exact) mass is 324 g/mol. The van der Waals surface area contributed by atoms with Crippen LogP contribution in [0.1, 0.15) is 12.2 Å². The fourth-order valence-corrected chi connectivity index (χ4v) is 2.43. The minimum Gasteiger partial charge on any atom is -0.497 e. The van der Waals surface area contributed by atoms with Gasteiger partial charge in [0, 0.05) is 18.7 Å². The van der Waals surface area contributed by atoms with Crippen LogP contribution < -0.4 is 15.4 Å². The summed E-state index contributed by atoms with van der Waals surface area (Å²) in [7, 11) is 1.61. The molecule has 0 radical (unpaired) electrons. The number of hydrogen-bond acceptors (Lipinski definition) is 3. The van der Waals surface area contributed by atoms with Crippen LogP contribution >= 0.6 is 0 Å². The number of aryl methyl sites for hydroxylation is 1. The van der Waals surface area contributed by atoms with E-state index in [4.69, 9.17) is 4.74 Å². The van der Waals surface area contributed by atoms with Gasteiger partial charge in [0.15, 0.2) is 0 Å². The highest BCUT2D eigenvalue weighted by molar-refractivity contribution is 5.89. The van der Waals surface area contributed by atoms with Crippen molar-refractivity contribution in [1.82, 2.24) is 15.3 Å². The lowest BCUT2D eigenvalue weighted by Gasteiger charge is -2.07. The van der Waals surface area contributed by atoms with Crippen LogP contribution in [0.2, 0.25) is 0 Å². The number of methoxy groups -OCH3 is 1. The molecular weight excluding hydrogens is 304 g/mol. The van der Waals surface area contributed by atoms with Crippen molar-refractivity contribution in [2.75, 3.05) is 19.0 Å². The van der Waals surface area contributed by atoms with Crippen LogP contribution in [0.25, 0.3) is 11.0 Å². The number of para-hydroxylation sites is 2. The maximum atomic E-state index is 11.8. The predicted octanol–water partition coefficient (Wildman–Crippen LogP) is 3.33. The highest BCUT2D eigenvalue weighted by Gasteiger charge is 2.04. The van der Waals surface area contributed by atoms with Crippen LogP contribution in [0.4, 0.5) is 10.5 Å². The second kappa shape index (κ2) is 7.50. The van der Waals surface area contributed by atoms with Crippen LogP contribution in [0, 0.1) is 0 Å². The number of carbonyl (C=O) groups excluding carboxylic acids is 1. The number of carbonyl (C=O) groups is 1. The zero-order valence-electron chi connectivity index (χ0n) is 13.5. The summed E-state index contributed by atoms with van der Waals surface area (Å²) in [6.07, 6.45) is 1.60. The third kappa shape index (κ3) is 4.04. The lowest BCUT2D eigenvalue weighted by molar-refractivity contribution is 0.252. The molecular formula is C18H20N4O2. The maximum absolute atomic E-state index is 11.8. The van der Waals surface area contributed by atoms with Gasteiger partial charge in [-0.3, -0.25) is 0 Å². The van der Waals surface area contributed by atoms with E-state index in [1.807, 2.05) is 24.3 Å². The predicted molar refractivity (Wildman–Crippen MR) is 94.4 cm³/mol. The van der Waals surface area contributed by atoms with E-state index >= 15 is 0 Å². The summed E-state index contributed by atoms with van der Waals surface area (Å²) in [6, 6.07) is 14.9. The number of urea groups is 1. The third-order valence-corrected chi connectivity index (χ3v) is 3.66. The molecule has 0 aliphatic heterocycles. The van der Waals surface area contributed by atoms with Gasteiger partial charge in [-0.2, -0.15) is 0 Å². The number of imidazole rings is 1. The lowest BCUT2D eigenvalue weighted by atomic mass is 10.3. The average Bonchev–Trinajstić information content (AvgIpc) is 3.02. The Balaban J connectivity index is 1.41. The molecule has 0 aliphatic rings. The largest absolute Gasteiger partial charge is 0.497 e. The molecule has 0 saturated carbocycles. The molecule has 0 unspecified atom stereocenters. The summed E-state index contributed by atoms with van der Waals surface area (Å²) in [5.41, 5.74) is 2.74. The van der Waals surface area contributed by atoms with Gasteiger partial charge in [0.25, 0.3) is 0 Å². The molecule has 0 spiro atoms. The van der Waals surface area contributed by atoms with Crippen molar-refractivity contribution in [2.24, 2.45) is 0 Å². The van der Waals surface area contributed by atoms with E-state index in [1.165, 1.54) is 0 Å². The quantitative estimate of drug-likeness (QED) is 0.609. The van der Waals surface area contributed by atoms with E-state index in [-0.39, 0.29) is 6.03 Å². The first-order valence-electron chi connectivity index (χ1n) is 7.87. The molecule has 124 valence electrons. The van der Waals surface area contributed by atoms with E-state index < -0.39 is 0 Å². The van der Waals surface area contributed by atoms with Crippen molar-refractivity contribution >= 4 is 22.8 Å². The van der Waals surface area contributed by atoms with Gasteiger partial charge in [-0.1, -0.05) is 12.1 Å². The zero-order chi connectivity index (χ0) is 16.8. The highest BCUT2D eigenvalue weighted by Crippen LogP contribution is 2.14. The smallest absolute Gasteiger partial charge is 0.319 e. The second-order valence-electron chi connectivity index (χ2n) is 5.41. The standard InChI is InChI=1S/C18H20N4O2/c1-24-14-10-8-13(9-11-14)20-18(23)19-12-4-7-17-21-15-5-2-3-6-16(15)22-17/h2-3,5-6,8-11H,4,7,12H2,1H3,(H,21,22)(H2,19,20,23). The van der Waals surface area contributed by atoms with Gasteiger partial charge in [-0.05, 0) is 42.8 Å². The Kier molecular flexibility index (Phi) is 4.96. The fraction of sp³-hybridized carbons (Fsp3) is 0.222. The van der Waals surface area contributed by atoms with Gasteiger partial charge in [0.05, 0.1) is 18.1 Å². The number of fused-ring (bicyclic) bond motifs is 1. The number of hydrogen-bond donors (Lipinski definition) is 3. The summed E-state index contributed by atoms with van der Waals surface area (Å²) < 4.78 is 5.08. The summed E-state index contributed by atoms with van der Waals surface area (Å²) >= 11 is 0. The van der Waals surface area contributed by atoms with Crippen LogP contribution in [0.15, 0.2) is 48.5 Å². The van der Waals surface area contributed by atoms with E-state index in [2.05, 4.69) is 20.6 Å². The summed E-state index contributed by atoms with van der Waals surface area (Å²) in [4.78, 5) is 19.6. The van der Waals surface area contributed by atoms with Crippen LogP contribution in [0.3, 0.4) is 0 Å². The number of H-pyrrole nitrogens is 1. The van der Waals surface area contributed by atoms with Gasteiger partial charge in [0.1, 0.15) is 11.6 Å². The number of ether oxygens (including phenoxy) is 1. The molecule has 0 fully saturated rings. The second-order valence-corrected chi connectivity index (χ2v) is 5.41. The molecule has 0 saturated heterocycles. The van der Waals surface area contributed by atoms with Gasteiger partial charge in [0.2, 0.25) is 0 Å². The fourth-order valence-electron chi connectivity index (χ4n) is 2.43. The topological polar surface area (TPSA) is 79.0 Å². The highest BCUT2D eigenvalue weighted by atomic mass is 16.5. The molecule has 3 aromatic rings. The number of aromatic amines is 1. The van der Waals surface area contributed by atoms with Crippen LogP contribution in [-0.2, 0) is 6.42 Å². The average molecular weight is 324 g/mol. The molecule has 0 bridgehead atoms. The number of nitrogens with one attached hydrogen (secondary N) is 3. The van der Waals surface area contributed by atoms with Crippen molar-refractivity contribution in [3.05, 3.63) is 54.4 Å². The molecule has 0 aliphatic carbocycles. The summed E-state index contributed by atoms with van der Waals surface area (Å²) in [5.74, 6) is 1.69. The first-order chi connectivity index (χ1) is 11.7. The van der Waals surface area contributed by atoms with Gasteiger partial charge in [-0.15, -0.1) is 0 Å². The van der Waals surface area contributed by atoms with E-state index in [1.54, 1.807) is 31.4 Å². The molecule has 2 amide bonds. The van der Waals surface area contributed by atoms with Crippen molar-refractivity contribution < 1.29 is 9.53 Å². The zero-order valence-corrected chi connectivity index (χ0v) is 13.5. The van der Waals surface area contributed by atoms with Gasteiger partial charge >= 0.3 is 6.03 Å². The van der Waals surface area contributed by atoms with Crippen molar-refractivity contribution in [2.45, 2.75) is 12.8 Å². The van der Waals surface area contributed by atoms with E-state index in [0.29, 0.717) is 6.54 Å². The number of rotatable bonds is 6. The SMILES string of the molecule is COc1ccc(NC(=O)NCCCc2nc3ccccc3[nH]2)cc1. The number of aromatic nitrogens is 2. The van der Waals surface area contributed by atoms with Crippen molar-refractivity contribution in [3.8, 4) is 5.75 Å². The van der Waals surface area contributed by atoms with Crippen molar-refractivity contribution in [3.63, 3.8) is 0 Å². The van der Waals surface area contributed by atoms with Gasteiger partial charge < -0.3 is 20.4 Å². The molecule has 2 aromatic carbocycles. The molecule has 24 heavy (non-hydrogen) atoms. The van der Waals surface area contributed by atoms with Gasteiger partial charge in [-0.25, -0.2) is 9.78 Å². The minimum atomic E-state index is -0.218. The molecule has 3 N–H and O–H groups in total. The first-order valence-corrected chi connectivity index (χ1v) is 7.87. The molecule has 0 atom stereocenters. The van der Waals surface area contributed by atoms with Crippen LogP contribution in [0.5, 0.6) is 5.75 Å². The Morgan fingerprint density at radius 3 is 2.71 bits per heavy atom. The molecule has 6 nitrogen and oxygen atoms in total. The molecule has 6 heteroatoms. The molecule has 3 rings (SSSR count). The Bertz CT molecular complexity index is 778. The van der Waals surface area contributed by atoms with Crippen LogP contribution in [-0.4, -0.2) is 29.7 Å². The summed E-state index contributed by atoms with van der Waals surface area (Å²) in [6.45, 7) is 0.582. The number of benzene rings is 2. The third-order valence-electron chi connectivity index (χ3n) is 3.66. The minimum absolute atomic E-state index is 0.218. The molecule has 1 aromatic heterocycles. The number of nitrogens with zero attached hydrogens (tertiary/aromatic N) is 1. The Hall–Kier alpha value is -3.02.